The first-order valence-corrected chi connectivity index (χ1v) is 14.3. The fraction of sp³-hybridized carbons (Fsp3) is 0.0789. The third-order valence-corrected chi connectivity index (χ3v) is 8.08. The number of nitrogens with zero attached hydrogens (tertiary/aromatic N) is 3. The van der Waals surface area contributed by atoms with Crippen LogP contribution >= 0.6 is 0 Å². The summed E-state index contributed by atoms with van der Waals surface area (Å²) in [7, 11) is 0. The number of nitrogens with two attached hydrogens (primary N) is 1. The number of pyridine rings is 3. The molecule has 0 spiro atoms. The summed E-state index contributed by atoms with van der Waals surface area (Å²) in [6, 6.07) is 30.1. The van der Waals surface area contributed by atoms with E-state index in [4.69, 9.17) is 15.7 Å². The van der Waals surface area contributed by atoms with E-state index in [1.165, 1.54) is 45.2 Å². The molecule has 0 bridgehead atoms. The number of fused-ring (bicyclic) bond motifs is 6. The lowest BCUT2D eigenvalue weighted by Gasteiger charge is -2.33. The van der Waals surface area contributed by atoms with Crippen LogP contribution in [0.4, 0.5) is 0 Å². The van der Waals surface area contributed by atoms with Crippen molar-refractivity contribution < 1.29 is 0 Å². The van der Waals surface area contributed by atoms with E-state index in [0.29, 0.717) is 5.92 Å². The first-order valence-electron chi connectivity index (χ1n) is 14.3. The van der Waals surface area contributed by atoms with E-state index < -0.39 is 0 Å². The molecule has 2 aromatic carbocycles. The maximum Gasteiger partial charge on any atom is 0.0886 e. The van der Waals surface area contributed by atoms with Gasteiger partial charge in [0.25, 0.3) is 0 Å². The van der Waals surface area contributed by atoms with E-state index in [1.54, 1.807) is 6.20 Å². The summed E-state index contributed by atoms with van der Waals surface area (Å²) in [6.45, 7) is 0. The maximum absolute atomic E-state index is 5.40. The molecule has 4 nitrogen and oxygen atoms in total. The lowest BCUT2D eigenvalue weighted by molar-refractivity contribution is 0.870. The maximum atomic E-state index is 5.40. The smallest absolute Gasteiger partial charge is 0.0886 e. The molecule has 2 aliphatic carbocycles. The van der Waals surface area contributed by atoms with Gasteiger partial charge in [-0.3, -0.25) is 15.0 Å². The van der Waals surface area contributed by atoms with Crippen molar-refractivity contribution in [2.75, 3.05) is 0 Å². The van der Waals surface area contributed by atoms with Gasteiger partial charge < -0.3 is 5.73 Å². The highest BCUT2D eigenvalue weighted by atomic mass is 14.8. The molecular formula is C38H30N4. The van der Waals surface area contributed by atoms with Crippen LogP contribution in [0.1, 0.15) is 34.7 Å². The molecule has 3 aromatic heterocycles. The highest BCUT2D eigenvalue weighted by molar-refractivity contribution is 5.97. The quantitative estimate of drug-likeness (QED) is 0.219. The van der Waals surface area contributed by atoms with Gasteiger partial charge in [0.05, 0.1) is 11.4 Å². The highest BCUT2D eigenvalue weighted by Crippen LogP contribution is 2.51. The Bertz CT molecular complexity index is 1860. The minimum Gasteiger partial charge on any atom is -0.405 e. The first-order chi connectivity index (χ1) is 20.8. The van der Waals surface area contributed by atoms with E-state index in [-0.39, 0.29) is 0 Å². The standard InChI is InChI=1S/C38H30N4/c39-20-6-1-2-8-30-16-12-28(24-41-30)26-13-17-33-34-18-14-27(23-36(34)32-10-4-3-9-31(32)35(33)22-26)29-15-19-38(42-25-29)37-11-5-7-21-40-37/h1-7,9-16,18-25,33H,8,17,39H2/b2-1-,20-6-. The van der Waals surface area contributed by atoms with E-state index in [0.717, 1.165) is 41.1 Å². The number of hydrogen-bond donors (Lipinski definition) is 1. The van der Waals surface area contributed by atoms with Crippen molar-refractivity contribution in [1.82, 2.24) is 15.0 Å². The molecule has 5 aromatic rings. The van der Waals surface area contributed by atoms with Gasteiger partial charge in [-0.15, -0.1) is 0 Å². The Balaban J connectivity index is 1.19. The fourth-order valence-corrected chi connectivity index (χ4v) is 5.98. The molecule has 202 valence electrons. The number of benzene rings is 2. The Morgan fingerprint density at radius 3 is 2.31 bits per heavy atom. The van der Waals surface area contributed by atoms with Crippen LogP contribution in [-0.4, -0.2) is 15.0 Å². The predicted octanol–water partition coefficient (Wildman–Crippen LogP) is 8.41. The number of rotatable bonds is 6. The van der Waals surface area contributed by atoms with Crippen LogP contribution < -0.4 is 5.73 Å². The molecule has 2 aliphatic rings. The van der Waals surface area contributed by atoms with Crippen LogP contribution in [-0.2, 0) is 6.42 Å². The normalized spacial score (nSPS) is 15.6. The number of allylic oxidation sites excluding steroid dienone is 7. The zero-order valence-electron chi connectivity index (χ0n) is 23.2. The van der Waals surface area contributed by atoms with Gasteiger partial charge in [-0.25, -0.2) is 0 Å². The molecular weight excluding hydrogens is 512 g/mol. The lowest BCUT2D eigenvalue weighted by atomic mass is 9.70. The molecule has 7 rings (SSSR count). The van der Waals surface area contributed by atoms with Crippen molar-refractivity contribution in [1.29, 1.82) is 0 Å². The second kappa shape index (κ2) is 11.3. The number of hydrogen-bond acceptors (Lipinski definition) is 4. The van der Waals surface area contributed by atoms with E-state index in [2.05, 4.69) is 89.9 Å². The molecule has 2 N–H and O–H groups in total. The molecule has 42 heavy (non-hydrogen) atoms. The summed E-state index contributed by atoms with van der Waals surface area (Å²) in [5.74, 6) is 0.324. The van der Waals surface area contributed by atoms with Gasteiger partial charge in [0.1, 0.15) is 0 Å². The summed E-state index contributed by atoms with van der Waals surface area (Å²) in [6.07, 6.45) is 19.6. The molecule has 3 heterocycles. The van der Waals surface area contributed by atoms with Gasteiger partial charge in [-0.05, 0) is 93.6 Å². The van der Waals surface area contributed by atoms with E-state index in [9.17, 15) is 0 Å². The molecule has 1 unspecified atom stereocenters. The average Bonchev–Trinajstić information content (AvgIpc) is 3.07. The van der Waals surface area contributed by atoms with Gasteiger partial charge in [0.2, 0.25) is 0 Å². The van der Waals surface area contributed by atoms with Crippen molar-refractivity contribution in [3.8, 4) is 33.6 Å². The van der Waals surface area contributed by atoms with Crippen LogP contribution in [0.3, 0.4) is 0 Å². The Morgan fingerprint density at radius 2 is 1.52 bits per heavy atom. The van der Waals surface area contributed by atoms with Gasteiger partial charge in [-0.2, -0.15) is 0 Å². The van der Waals surface area contributed by atoms with Crippen LogP contribution in [0.5, 0.6) is 0 Å². The van der Waals surface area contributed by atoms with Crippen molar-refractivity contribution >= 4 is 11.1 Å². The summed E-state index contributed by atoms with van der Waals surface area (Å²) in [5.41, 5.74) is 19.5. The topological polar surface area (TPSA) is 64.7 Å². The molecule has 0 saturated carbocycles. The second-order valence-corrected chi connectivity index (χ2v) is 10.6. The van der Waals surface area contributed by atoms with Crippen LogP contribution in [0.15, 0.2) is 140 Å². The molecule has 0 amide bonds. The van der Waals surface area contributed by atoms with E-state index >= 15 is 0 Å². The molecule has 4 heteroatoms. The third-order valence-electron chi connectivity index (χ3n) is 8.08. The van der Waals surface area contributed by atoms with Crippen molar-refractivity contribution in [2.45, 2.75) is 18.8 Å². The van der Waals surface area contributed by atoms with Gasteiger partial charge >= 0.3 is 0 Å². The van der Waals surface area contributed by atoms with Crippen molar-refractivity contribution in [2.24, 2.45) is 5.73 Å². The molecule has 0 radical (unpaired) electrons. The average molecular weight is 543 g/mol. The van der Waals surface area contributed by atoms with Gasteiger partial charge in [-0.1, -0.05) is 78.9 Å². The fourth-order valence-electron chi connectivity index (χ4n) is 5.98. The van der Waals surface area contributed by atoms with E-state index in [1.807, 2.05) is 42.7 Å². The molecule has 0 saturated heterocycles. The Hall–Kier alpha value is -5.35. The largest absolute Gasteiger partial charge is 0.405 e. The molecule has 0 fully saturated rings. The summed E-state index contributed by atoms with van der Waals surface area (Å²) < 4.78 is 0. The Morgan fingerprint density at radius 1 is 0.714 bits per heavy atom. The highest BCUT2D eigenvalue weighted by Gasteiger charge is 2.30. The zero-order valence-corrected chi connectivity index (χ0v) is 23.2. The number of aromatic nitrogens is 3. The van der Waals surface area contributed by atoms with Crippen LogP contribution in [0.25, 0.3) is 44.8 Å². The van der Waals surface area contributed by atoms with Gasteiger partial charge in [0.15, 0.2) is 0 Å². The van der Waals surface area contributed by atoms with Crippen molar-refractivity contribution in [3.63, 3.8) is 0 Å². The van der Waals surface area contributed by atoms with Crippen LogP contribution in [0.2, 0.25) is 0 Å². The Labute approximate surface area is 246 Å². The second-order valence-electron chi connectivity index (χ2n) is 10.6. The predicted molar refractivity (Wildman–Crippen MR) is 172 cm³/mol. The molecule has 0 aliphatic heterocycles. The van der Waals surface area contributed by atoms with Gasteiger partial charge in [0, 0.05) is 42.2 Å². The monoisotopic (exact) mass is 542 g/mol. The summed E-state index contributed by atoms with van der Waals surface area (Å²) in [5, 5.41) is 0. The SMILES string of the molecule is N/C=C\C=C/Cc1ccc(C2=CCC3C(=C2)c2ccccc2-c2cc(-c4ccc(-c5ccccn5)nc4)ccc23)cn1. The zero-order chi connectivity index (χ0) is 28.3. The minimum absolute atomic E-state index is 0.324. The first kappa shape index (κ1) is 25.6. The summed E-state index contributed by atoms with van der Waals surface area (Å²) in [4.78, 5) is 13.9. The lowest BCUT2D eigenvalue weighted by Crippen LogP contribution is -2.13. The Kier molecular flexibility index (Phi) is 6.87. The molecule has 1 atom stereocenters. The van der Waals surface area contributed by atoms with Crippen molar-refractivity contribution in [3.05, 3.63) is 162 Å². The third kappa shape index (κ3) is 4.88. The summed E-state index contributed by atoms with van der Waals surface area (Å²) >= 11 is 0. The van der Waals surface area contributed by atoms with Crippen LogP contribution in [0, 0.1) is 0 Å². The minimum atomic E-state index is 0.324.